The maximum Gasteiger partial charge on any atom is 0.0829 e. The van der Waals surface area contributed by atoms with Gasteiger partial charge in [-0.15, -0.1) is 0 Å². The Bertz CT molecular complexity index is 120. The van der Waals surface area contributed by atoms with Crippen molar-refractivity contribution in [2.45, 2.75) is 32.1 Å². The van der Waals surface area contributed by atoms with Crippen molar-refractivity contribution in [2.24, 2.45) is 5.92 Å². The lowest BCUT2D eigenvalue weighted by Crippen LogP contribution is -2.09. The molecule has 0 atom stereocenters. The van der Waals surface area contributed by atoms with Crippen molar-refractivity contribution in [1.29, 1.82) is 0 Å². The van der Waals surface area contributed by atoms with Crippen molar-refractivity contribution in [3.8, 4) is 0 Å². The van der Waals surface area contributed by atoms with E-state index in [1.165, 1.54) is 44.6 Å². The second-order valence-corrected chi connectivity index (χ2v) is 3.16. The van der Waals surface area contributed by atoms with Crippen LogP contribution >= 0.6 is 0 Å². The minimum absolute atomic E-state index is 0.417. The van der Waals surface area contributed by atoms with Gasteiger partial charge in [-0.25, -0.2) is 0 Å². The van der Waals surface area contributed by atoms with Gasteiger partial charge in [-0.2, -0.15) is 0 Å². The van der Waals surface area contributed by atoms with Crippen molar-refractivity contribution >= 4 is 0 Å². The van der Waals surface area contributed by atoms with Crippen molar-refractivity contribution in [1.82, 2.24) is 0 Å². The lowest BCUT2D eigenvalue weighted by molar-refractivity contribution is 0.190. The van der Waals surface area contributed by atoms with Crippen LogP contribution in [0, 0.1) is 5.92 Å². The van der Waals surface area contributed by atoms with Crippen LogP contribution in [0.1, 0.15) is 32.1 Å². The van der Waals surface area contributed by atoms with Gasteiger partial charge in [0.05, 0.1) is 12.5 Å². The maximum atomic E-state index is 8.69. The lowest BCUT2D eigenvalue weighted by Gasteiger charge is -2.18. The van der Waals surface area contributed by atoms with E-state index < -0.39 is 0 Å². The van der Waals surface area contributed by atoms with Crippen LogP contribution in [0.2, 0.25) is 0 Å². The number of rotatable bonds is 3. The molecular formula is C11H20O2. The molecule has 0 radical (unpaired) electrons. The molecule has 2 nitrogen and oxygen atoms in total. The fraction of sp³-hybridized carbons (Fsp3) is 0.636. The van der Waals surface area contributed by atoms with Crippen LogP contribution in [-0.2, 0) is 4.74 Å². The van der Waals surface area contributed by atoms with Crippen molar-refractivity contribution in [3.63, 3.8) is 0 Å². The van der Waals surface area contributed by atoms with Gasteiger partial charge in [-0.05, 0) is 18.8 Å². The summed E-state index contributed by atoms with van der Waals surface area (Å²) in [5.41, 5.74) is 0. The van der Waals surface area contributed by atoms with Gasteiger partial charge in [0.15, 0.2) is 0 Å². The van der Waals surface area contributed by atoms with Crippen LogP contribution in [0.5, 0.6) is 0 Å². The SMILES string of the molecule is C=COC=C.OCC1CCCCC1. The summed E-state index contributed by atoms with van der Waals surface area (Å²) in [7, 11) is 0. The second kappa shape index (κ2) is 9.33. The van der Waals surface area contributed by atoms with Gasteiger partial charge >= 0.3 is 0 Å². The fourth-order valence-corrected chi connectivity index (χ4v) is 1.44. The zero-order valence-electron chi connectivity index (χ0n) is 8.24. The first-order chi connectivity index (χ1) is 6.35. The summed E-state index contributed by atoms with van der Waals surface area (Å²) in [4.78, 5) is 0. The first-order valence-corrected chi connectivity index (χ1v) is 4.83. The Balaban J connectivity index is 0.000000252. The minimum Gasteiger partial charge on any atom is -0.474 e. The Morgan fingerprint density at radius 3 is 1.92 bits per heavy atom. The Morgan fingerprint density at radius 1 is 1.15 bits per heavy atom. The molecule has 76 valence electrons. The molecule has 0 saturated heterocycles. The highest BCUT2D eigenvalue weighted by atomic mass is 16.5. The van der Waals surface area contributed by atoms with Gasteiger partial charge in [0.1, 0.15) is 0 Å². The normalized spacial score (nSPS) is 16.7. The van der Waals surface area contributed by atoms with E-state index in [4.69, 9.17) is 5.11 Å². The molecule has 0 aromatic rings. The Kier molecular flexibility index (Phi) is 8.78. The zero-order valence-corrected chi connectivity index (χ0v) is 8.24. The van der Waals surface area contributed by atoms with Crippen LogP contribution < -0.4 is 0 Å². The van der Waals surface area contributed by atoms with Crippen molar-refractivity contribution in [2.75, 3.05) is 6.61 Å². The third-order valence-corrected chi connectivity index (χ3v) is 2.18. The molecule has 0 bridgehead atoms. The summed E-state index contributed by atoms with van der Waals surface area (Å²) in [5.74, 6) is 0.642. The molecule has 0 spiro atoms. The standard InChI is InChI=1S/C7H14O.C4H6O/c8-6-7-4-2-1-3-5-7;1-3-5-4-2/h7-8H,1-6H2;3-4H,1-2H2. The number of hydrogen-bond donors (Lipinski definition) is 1. The average Bonchev–Trinajstić information content (AvgIpc) is 2.21. The van der Waals surface area contributed by atoms with E-state index in [0.717, 1.165) is 0 Å². The molecule has 0 unspecified atom stereocenters. The predicted molar refractivity (Wildman–Crippen MR) is 55.1 cm³/mol. The van der Waals surface area contributed by atoms with E-state index in [0.29, 0.717) is 12.5 Å². The van der Waals surface area contributed by atoms with Gasteiger partial charge in [0.2, 0.25) is 0 Å². The van der Waals surface area contributed by atoms with E-state index in [-0.39, 0.29) is 0 Å². The summed E-state index contributed by atoms with van der Waals surface area (Å²) in [6, 6.07) is 0. The van der Waals surface area contributed by atoms with Crippen LogP contribution in [0.3, 0.4) is 0 Å². The van der Waals surface area contributed by atoms with E-state index >= 15 is 0 Å². The molecule has 1 rings (SSSR count). The molecule has 0 aliphatic heterocycles. The predicted octanol–water partition coefficient (Wildman–Crippen LogP) is 2.85. The minimum atomic E-state index is 0.417. The summed E-state index contributed by atoms with van der Waals surface area (Å²) < 4.78 is 4.36. The van der Waals surface area contributed by atoms with Gasteiger partial charge in [0, 0.05) is 6.61 Å². The smallest absolute Gasteiger partial charge is 0.0829 e. The third-order valence-electron chi connectivity index (χ3n) is 2.18. The van der Waals surface area contributed by atoms with Crippen molar-refractivity contribution in [3.05, 3.63) is 25.7 Å². The van der Waals surface area contributed by atoms with E-state index in [1.807, 2.05) is 0 Å². The van der Waals surface area contributed by atoms with Gasteiger partial charge in [-0.3, -0.25) is 0 Å². The fourth-order valence-electron chi connectivity index (χ4n) is 1.44. The molecule has 2 heteroatoms. The average molecular weight is 184 g/mol. The molecule has 1 fully saturated rings. The molecule has 0 aromatic heterocycles. The highest BCUT2D eigenvalue weighted by Crippen LogP contribution is 2.22. The molecule has 1 aliphatic carbocycles. The number of aliphatic hydroxyl groups excluding tert-OH is 1. The largest absolute Gasteiger partial charge is 0.474 e. The maximum absolute atomic E-state index is 8.69. The number of hydrogen-bond acceptors (Lipinski definition) is 2. The van der Waals surface area contributed by atoms with Crippen LogP contribution in [-0.4, -0.2) is 11.7 Å². The Morgan fingerprint density at radius 2 is 1.69 bits per heavy atom. The molecule has 0 aromatic carbocycles. The molecular weight excluding hydrogens is 164 g/mol. The number of ether oxygens (including phenoxy) is 1. The summed E-state index contributed by atoms with van der Waals surface area (Å²) in [6.07, 6.45) is 9.21. The first kappa shape index (κ1) is 12.2. The first-order valence-electron chi connectivity index (χ1n) is 4.83. The topological polar surface area (TPSA) is 29.5 Å². The third kappa shape index (κ3) is 7.60. The van der Waals surface area contributed by atoms with Crippen LogP contribution in [0.25, 0.3) is 0 Å². The highest BCUT2D eigenvalue weighted by molar-refractivity contribution is 4.63. The zero-order chi connectivity index (χ0) is 9.94. The Hall–Kier alpha value is -0.760. The van der Waals surface area contributed by atoms with Crippen LogP contribution in [0.4, 0.5) is 0 Å². The van der Waals surface area contributed by atoms with E-state index in [9.17, 15) is 0 Å². The van der Waals surface area contributed by atoms with Crippen LogP contribution in [0.15, 0.2) is 25.7 Å². The summed E-state index contributed by atoms with van der Waals surface area (Å²) in [5, 5.41) is 8.69. The number of aliphatic hydroxyl groups is 1. The molecule has 13 heavy (non-hydrogen) atoms. The van der Waals surface area contributed by atoms with Gasteiger partial charge in [0.25, 0.3) is 0 Å². The van der Waals surface area contributed by atoms with E-state index in [1.54, 1.807) is 0 Å². The van der Waals surface area contributed by atoms with Gasteiger partial charge in [-0.1, -0.05) is 32.4 Å². The highest BCUT2D eigenvalue weighted by Gasteiger charge is 2.10. The molecule has 1 N–H and O–H groups in total. The monoisotopic (exact) mass is 184 g/mol. The quantitative estimate of drug-likeness (QED) is 0.683. The summed E-state index contributed by atoms with van der Waals surface area (Å²) in [6.45, 7) is 6.93. The summed E-state index contributed by atoms with van der Waals surface area (Å²) >= 11 is 0. The van der Waals surface area contributed by atoms with E-state index in [2.05, 4.69) is 17.9 Å². The lowest BCUT2D eigenvalue weighted by atomic mass is 9.90. The molecule has 1 saturated carbocycles. The van der Waals surface area contributed by atoms with Crippen molar-refractivity contribution < 1.29 is 9.84 Å². The van der Waals surface area contributed by atoms with Gasteiger partial charge < -0.3 is 9.84 Å². The second-order valence-electron chi connectivity index (χ2n) is 3.16. The molecule has 1 aliphatic rings. The Labute approximate surface area is 80.9 Å². The molecule has 0 amide bonds. The molecule has 0 heterocycles.